The normalized spacial score (nSPS) is 16.5. The van der Waals surface area contributed by atoms with Crippen LogP contribution in [0.15, 0.2) is 52.9 Å². The van der Waals surface area contributed by atoms with E-state index in [1.165, 1.54) is 11.8 Å². The average molecular weight is 637 g/mol. The summed E-state index contributed by atoms with van der Waals surface area (Å²) in [5, 5.41) is 4.00. The molecule has 1 fully saturated rings. The highest BCUT2D eigenvalue weighted by Gasteiger charge is 2.24. The number of carbonyl (C=O) groups excluding carboxylic acids is 1. The Kier molecular flexibility index (Phi) is 7.46. The maximum absolute atomic E-state index is 12.4. The molecular weight excluding hydrogens is 622 g/mol. The number of halogens is 3. The van der Waals surface area contributed by atoms with Gasteiger partial charge >= 0.3 is 0 Å². The second-order valence-electron chi connectivity index (χ2n) is 5.78. The van der Waals surface area contributed by atoms with Crippen LogP contribution in [-0.2, 0) is 4.79 Å². The maximum atomic E-state index is 12.4. The van der Waals surface area contributed by atoms with Crippen LogP contribution in [0.4, 0.5) is 5.69 Å². The molecule has 4 nitrogen and oxygen atoms in total. The third kappa shape index (κ3) is 5.11. The number of rotatable bonds is 5. The fourth-order valence-electron chi connectivity index (χ4n) is 2.40. The van der Waals surface area contributed by atoms with E-state index in [2.05, 4.69) is 62.1 Å². The van der Waals surface area contributed by atoms with Gasteiger partial charge in [0, 0.05) is 5.02 Å². The van der Waals surface area contributed by atoms with E-state index in [0.717, 1.165) is 29.7 Å². The number of aliphatic imine (C=N–C) groups is 1. The minimum atomic E-state index is -0.166. The summed E-state index contributed by atoms with van der Waals surface area (Å²) in [5.74, 6) is 0.658. The van der Waals surface area contributed by atoms with E-state index in [-0.39, 0.29) is 5.91 Å². The van der Waals surface area contributed by atoms with Gasteiger partial charge in [0.1, 0.15) is 12.4 Å². The van der Waals surface area contributed by atoms with E-state index in [1.807, 2.05) is 43.3 Å². The summed E-state index contributed by atoms with van der Waals surface area (Å²) in [6, 6.07) is 9.50. The molecule has 1 amide bonds. The van der Waals surface area contributed by atoms with Gasteiger partial charge in [-0.3, -0.25) is 4.79 Å². The zero-order valence-electron chi connectivity index (χ0n) is 14.8. The molecule has 1 N–H and O–H groups in total. The molecule has 0 bridgehead atoms. The molecule has 0 aliphatic carbocycles. The van der Waals surface area contributed by atoms with Crippen molar-refractivity contribution < 1.29 is 9.53 Å². The number of amidine groups is 1. The average Bonchev–Trinajstić information content (AvgIpc) is 2.97. The summed E-state index contributed by atoms with van der Waals surface area (Å²) < 4.78 is 7.65. The second-order valence-corrected chi connectivity index (χ2v) is 9.54. The number of ether oxygens (including phenoxy) is 1. The van der Waals surface area contributed by atoms with Crippen molar-refractivity contribution in [2.24, 2.45) is 4.99 Å². The lowest BCUT2D eigenvalue weighted by atomic mass is 10.2. The Hall–Kier alpha value is -1.04. The van der Waals surface area contributed by atoms with Gasteiger partial charge in [-0.05, 0) is 105 Å². The first kappa shape index (κ1) is 21.7. The highest BCUT2D eigenvalue weighted by molar-refractivity contribution is 14.1. The first-order valence-corrected chi connectivity index (χ1v) is 11.5. The maximum Gasteiger partial charge on any atom is 0.264 e. The summed E-state index contributed by atoms with van der Waals surface area (Å²) >= 11 is 11.9. The van der Waals surface area contributed by atoms with Crippen LogP contribution in [0.1, 0.15) is 11.1 Å². The largest absolute Gasteiger partial charge is 0.487 e. The van der Waals surface area contributed by atoms with Crippen molar-refractivity contribution in [3.63, 3.8) is 0 Å². The lowest BCUT2D eigenvalue weighted by Gasteiger charge is -2.09. The Balaban J connectivity index is 1.86. The predicted octanol–water partition coefficient (Wildman–Crippen LogP) is 6.31. The molecule has 0 radical (unpaired) electrons. The van der Waals surface area contributed by atoms with E-state index >= 15 is 0 Å². The molecular formula is C20H15ClI2N2O2S. The van der Waals surface area contributed by atoms with E-state index in [0.29, 0.717) is 21.7 Å². The molecule has 0 saturated carbocycles. The second kappa shape index (κ2) is 9.64. The third-order valence-electron chi connectivity index (χ3n) is 3.78. The molecule has 2 aromatic rings. The van der Waals surface area contributed by atoms with Crippen molar-refractivity contribution in [2.45, 2.75) is 6.92 Å². The summed E-state index contributed by atoms with van der Waals surface area (Å²) in [7, 11) is 0. The van der Waals surface area contributed by atoms with Gasteiger partial charge in [0.15, 0.2) is 5.17 Å². The van der Waals surface area contributed by atoms with Crippen LogP contribution in [-0.4, -0.2) is 17.7 Å². The zero-order valence-corrected chi connectivity index (χ0v) is 20.6. The van der Waals surface area contributed by atoms with Gasteiger partial charge in [-0.25, -0.2) is 4.99 Å². The fraction of sp³-hybridized carbons (Fsp3) is 0.100. The molecule has 3 rings (SSSR count). The molecule has 0 unspecified atom stereocenters. The summed E-state index contributed by atoms with van der Waals surface area (Å²) in [6.45, 7) is 6.03. The van der Waals surface area contributed by atoms with E-state index in [9.17, 15) is 4.79 Å². The minimum Gasteiger partial charge on any atom is -0.487 e. The quantitative estimate of drug-likeness (QED) is 0.238. The number of hydrogen-bond donors (Lipinski definition) is 1. The first-order chi connectivity index (χ1) is 13.4. The van der Waals surface area contributed by atoms with Gasteiger partial charge in [0.05, 0.1) is 17.7 Å². The van der Waals surface area contributed by atoms with Gasteiger partial charge < -0.3 is 10.1 Å². The first-order valence-electron chi connectivity index (χ1n) is 8.16. The summed E-state index contributed by atoms with van der Waals surface area (Å²) in [5.41, 5.74) is 2.55. The van der Waals surface area contributed by atoms with Crippen LogP contribution in [0.3, 0.4) is 0 Å². The standard InChI is InChI=1S/C20H15ClI2N2O2S/c1-3-7-27-18-14(22)8-12(9-15(18)23)10-17-19(26)25-20(28-17)24-16-6-4-5-13(21)11(16)2/h3-6,8-10H,1,7H2,2H3,(H,24,25,26)/b17-10+. The van der Waals surface area contributed by atoms with Crippen LogP contribution in [0.25, 0.3) is 6.08 Å². The van der Waals surface area contributed by atoms with Crippen molar-refractivity contribution in [2.75, 3.05) is 6.61 Å². The molecule has 0 spiro atoms. The number of nitrogens with zero attached hydrogens (tertiary/aromatic N) is 1. The van der Waals surface area contributed by atoms with Gasteiger partial charge in [-0.2, -0.15) is 0 Å². The lowest BCUT2D eigenvalue weighted by molar-refractivity contribution is -0.115. The van der Waals surface area contributed by atoms with Crippen LogP contribution in [0.2, 0.25) is 5.02 Å². The topological polar surface area (TPSA) is 50.7 Å². The van der Waals surface area contributed by atoms with Gasteiger partial charge in [-0.15, -0.1) is 0 Å². The molecule has 1 aliphatic rings. The van der Waals surface area contributed by atoms with Gasteiger partial charge in [0.25, 0.3) is 5.91 Å². The Morgan fingerprint density at radius 2 is 2.04 bits per heavy atom. The predicted molar refractivity (Wildman–Crippen MR) is 135 cm³/mol. The lowest BCUT2D eigenvalue weighted by Crippen LogP contribution is -2.19. The zero-order chi connectivity index (χ0) is 20.3. The summed E-state index contributed by atoms with van der Waals surface area (Å²) in [4.78, 5) is 17.5. The SMILES string of the molecule is C=CCOc1c(I)cc(/C=C2/SC(=Nc3cccc(Cl)c3C)NC2=O)cc1I. The number of thioether (sulfide) groups is 1. The number of benzene rings is 2. The van der Waals surface area contributed by atoms with Crippen molar-refractivity contribution in [3.05, 3.63) is 71.2 Å². The Morgan fingerprint density at radius 3 is 2.71 bits per heavy atom. The fourth-order valence-corrected chi connectivity index (χ4v) is 5.53. The van der Waals surface area contributed by atoms with Crippen molar-refractivity contribution in [3.8, 4) is 5.75 Å². The third-order valence-corrected chi connectivity index (χ3v) is 6.70. The van der Waals surface area contributed by atoms with Crippen molar-refractivity contribution in [1.82, 2.24) is 5.32 Å². The number of carbonyl (C=O) groups is 1. The molecule has 1 saturated heterocycles. The molecule has 144 valence electrons. The monoisotopic (exact) mass is 636 g/mol. The van der Waals surface area contributed by atoms with Gasteiger partial charge in [-0.1, -0.05) is 30.3 Å². The molecule has 0 atom stereocenters. The smallest absolute Gasteiger partial charge is 0.264 e. The van der Waals surface area contributed by atoms with Crippen LogP contribution in [0, 0.1) is 14.1 Å². The Bertz CT molecular complexity index is 998. The molecule has 0 aromatic heterocycles. The molecule has 8 heteroatoms. The minimum absolute atomic E-state index is 0.166. The molecule has 28 heavy (non-hydrogen) atoms. The molecule has 1 aliphatic heterocycles. The van der Waals surface area contributed by atoms with E-state index in [4.69, 9.17) is 16.3 Å². The molecule has 1 heterocycles. The Labute approximate surface area is 200 Å². The van der Waals surface area contributed by atoms with Crippen molar-refractivity contribution in [1.29, 1.82) is 0 Å². The Morgan fingerprint density at radius 1 is 1.32 bits per heavy atom. The van der Waals surface area contributed by atoms with Crippen LogP contribution < -0.4 is 10.1 Å². The number of amides is 1. The van der Waals surface area contributed by atoms with Crippen LogP contribution >= 0.6 is 68.5 Å². The number of nitrogens with one attached hydrogen (secondary N) is 1. The summed E-state index contributed by atoms with van der Waals surface area (Å²) in [6.07, 6.45) is 3.57. The van der Waals surface area contributed by atoms with E-state index < -0.39 is 0 Å². The molecule has 2 aromatic carbocycles. The van der Waals surface area contributed by atoms with Crippen LogP contribution in [0.5, 0.6) is 5.75 Å². The highest BCUT2D eigenvalue weighted by Crippen LogP contribution is 2.33. The number of hydrogen-bond acceptors (Lipinski definition) is 4. The van der Waals surface area contributed by atoms with E-state index in [1.54, 1.807) is 6.08 Å². The van der Waals surface area contributed by atoms with Crippen molar-refractivity contribution >= 4 is 91.4 Å². The highest BCUT2D eigenvalue weighted by atomic mass is 127. The van der Waals surface area contributed by atoms with Gasteiger partial charge in [0.2, 0.25) is 0 Å².